The molecule has 0 aliphatic carbocycles. The van der Waals surface area contributed by atoms with Crippen LogP contribution in [-0.2, 0) is 9.59 Å². The molecular weight excluding hydrogens is 282 g/mol. The molecule has 0 radical (unpaired) electrons. The van der Waals surface area contributed by atoms with Crippen molar-refractivity contribution in [2.24, 2.45) is 23.2 Å². The number of amides is 2. The molecule has 0 aromatic rings. The van der Waals surface area contributed by atoms with Crippen molar-refractivity contribution < 1.29 is 9.59 Å². The second-order valence-corrected chi connectivity index (χ2v) is 6.73. The van der Waals surface area contributed by atoms with Crippen LogP contribution in [0.15, 0.2) is 0 Å². The Labute approximate surface area is 112 Å². The molecule has 0 aromatic carbocycles. The van der Waals surface area contributed by atoms with Crippen molar-refractivity contribution in [1.82, 2.24) is 4.90 Å². The molecule has 1 saturated heterocycles. The predicted octanol–water partition coefficient (Wildman–Crippen LogP) is 2.68. The quantitative estimate of drug-likeness (QED) is 0.594. The molecule has 17 heavy (non-hydrogen) atoms. The van der Waals surface area contributed by atoms with E-state index in [9.17, 15) is 9.59 Å². The van der Waals surface area contributed by atoms with Gasteiger partial charge in [-0.2, -0.15) is 0 Å². The first-order valence-electron chi connectivity index (χ1n) is 6.11. The van der Waals surface area contributed by atoms with Crippen LogP contribution in [0.25, 0.3) is 0 Å². The van der Waals surface area contributed by atoms with Crippen LogP contribution in [0.1, 0.15) is 34.6 Å². The molecule has 4 heteroatoms. The zero-order chi connectivity index (χ0) is 13.4. The van der Waals surface area contributed by atoms with Crippen LogP contribution >= 0.6 is 15.9 Å². The summed E-state index contributed by atoms with van der Waals surface area (Å²) >= 11 is 3.48. The number of halogens is 1. The van der Waals surface area contributed by atoms with Gasteiger partial charge >= 0.3 is 0 Å². The van der Waals surface area contributed by atoms with Crippen LogP contribution < -0.4 is 0 Å². The number of hydrogen-bond donors (Lipinski definition) is 0. The van der Waals surface area contributed by atoms with E-state index in [0.29, 0.717) is 6.54 Å². The van der Waals surface area contributed by atoms with Gasteiger partial charge in [0.05, 0.1) is 0 Å². The number of imide groups is 1. The number of nitrogens with zero attached hydrogens (tertiary/aromatic N) is 1. The Bertz CT molecular complexity index is 302. The summed E-state index contributed by atoms with van der Waals surface area (Å²) in [5.41, 5.74) is 0.0825. The number of rotatable bonds is 3. The van der Waals surface area contributed by atoms with E-state index in [4.69, 9.17) is 0 Å². The number of carbonyl (C=O) groups is 2. The lowest BCUT2D eigenvalue weighted by Crippen LogP contribution is -2.40. The zero-order valence-electron chi connectivity index (χ0n) is 11.3. The maximum absolute atomic E-state index is 12.0. The van der Waals surface area contributed by atoms with Crippen LogP contribution in [0, 0.1) is 23.2 Å². The van der Waals surface area contributed by atoms with Gasteiger partial charge in [0, 0.05) is 23.7 Å². The lowest BCUT2D eigenvalue weighted by molar-refractivity contribution is -0.140. The summed E-state index contributed by atoms with van der Waals surface area (Å²) in [5, 5.41) is 0.802. The zero-order valence-corrected chi connectivity index (χ0v) is 12.9. The van der Waals surface area contributed by atoms with Gasteiger partial charge in [-0.1, -0.05) is 50.5 Å². The van der Waals surface area contributed by atoms with E-state index in [1.54, 1.807) is 0 Å². The van der Waals surface area contributed by atoms with E-state index < -0.39 is 0 Å². The van der Waals surface area contributed by atoms with Crippen LogP contribution in [0.5, 0.6) is 0 Å². The molecule has 0 spiro atoms. The molecular formula is C13H22BrNO2. The standard InChI is InChI=1S/C13H22BrNO2/c1-8-9(2)12(17)15(11(8)16)7-10(6-14)13(3,4)5/h8-10H,6-7H2,1-5H3. The molecule has 0 aromatic heterocycles. The monoisotopic (exact) mass is 303 g/mol. The Hall–Kier alpha value is -0.380. The minimum Gasteiger partial charge on any atom is -0.282 e. The van der Waals surface area contributed by atoms with Crippen molar-refractivity contribution in [2.45, 2.75) is 34.6 Å². The molecule has 98 valence electrons. The first kappa shape index (κ1) is 14.7. The Morgan fingerprint density at radius 3 is 1.88 bits per heavy atom. The van der Waals surface area contributed by atoms with Gasteiger partial charge in [-0.3, -0.25) is 14.5 Å². The van der Waals surface area contributed by atoms with E-state index in [1.807, 2.05) is 13.8 Å². The average molecular weight is 304 g/mol. The highest BCUT2D eigenvalue weighted by atomic mass is 79.9. The van der Waals surface area contributed by atoms with Gasteiger partial charge in [0.25, 0.3) is 0 Å². The topological polar surface area (TPSA) is 37.4 Å². The molecule has 0 N–H and O–H groups in total. The van der Waals surface area contributed by atoms with Crippen molar-refractivity contribution in [1.29, 1.82) is 0 Å². The minimum atomic E-state index is -0.168. The van der Waals surface area contributed by atoms with E-state index in [0.717, 1.165) is 5.33 Å². The second-order valence-electron chi connectivity index (χ2n) is 6.08. The van der Waals surface area contributed by atoms with Gasteiger partial charge in [0.15, 0.2) is 0 Å². The molecule has 0 saturated carbocycles. The maximum atomic E-state index is 12.0. The fourth-order valence-corrected chi connectivity index (χ4v) is 3.16. The first-order valence-corrected chi connectivity index (χ1v) is 7.23. The maximum Gasteiger partial charge on any atom is 0.232 e. The molecule has 1 fully saturated rings. The highest BCUT2D eigenvalue weighted by Gasteiger charge is 2.43. The molecule has 3 nitrogen and oxygen atoms in total. The number of alkyl halides is 1. The molecule has 1 rings (SSSR count). The van der Waals surface area contributed by atoms with E-state index >= 15 is 0 Å². The highest BCUT2D eigenvalue weighted by Crippen LogP contribution is 2.32. The molecule has 0 bridgehead atoms. The van der Waals surface area contributed by atoms with Gasteiger partial charge in [-0.05, 0) is 11.3 Å². The first-order chi connectivity index (χ1) is 7.70. The van der Waals surface area contributed by atoms with Gasteiger partial charge in [-0.25, -0.2) is 0 Å². The average Bonchev–Trinajstić information content (AvgIpc) is 2.40. The normalized spacial score (nSPS) is 27.8. The third-order valence-electron chi connectivity index (χ3n) is 3.88. The third-order valence-corrected chi connectivity index (χ3v) is 4.66. The number of likely N-dealkylation sites (tertiary alicyclic amines) is 1. The Morgan fingerprint density at radius 2 is 1.59 bits per heavy atom. The highest BCUT2D eigenvalue weighted by molar-refractivity contribution is 9.09. The van der Waals surface area contributed by atoms with Crippen LogP contribution in [0.3, 0.4) is 0 Å². The van der Waals surface area contributed by atoms with E-state index in [-0.39, 0.29) is 35.0 Å². The van der Waals surface area contributed by atoms with E-state index in [1.165, 1.54) is 4.90 Å². The van der Waals surface area contributed by atoms with Crippen molar-refractivity contribution in [3.05, 3.63) is 0 Å². The summed E-state index contributed by atoms with van der Waals surface area (Å²) in [4.78, 5) is 25.4. The van der Waals surface area contributed by atoms with Crippen molar-refractivity contribution in [3.63, 3.8) is 0 Å². The Balaban J connectivity index is 2.81. The third kappa shape index (κ3) is 2.90. The Morgan fingerprint density at radius 1 is 1.18 bits per heavy atom. The van der Waals surface area contributed by atoms with E-state index in [2.05, 4.69) is 36.7 Å². The van der Waals surface area contributed by atoms with Gasteiger partial charge in [0.1, 0.15) is 0 Å². The number of hydrogen-bond acceptors (Lipinski definition) is 2. The summed E-state index contributed by atoms with van der Waals surface area (Å²) in [6.07, 6.45) is 0. The SMILES string of the molecule is CC1C(=O)N(CC(CBr)C(C)(C)C)C(=O)C1C. The largest absolute Gasteiger partial charge is 0.282 e. The molecule has 2 amide bonds. The fraction of sp³-hybridized carbons (Fsp3) is 0.846. The van der Waals surface area contributed by atoms with Crippen LogP contribution in [0.4, 0.5) is 0 Å². The summed E-state index contributed by atoms with van der Waals surface area (Å²) in [6.45, 7) is 10.6. The van der Waals surface area contributed by atoms with Crippen molar-refractivity contribution in [2.75, 3.05) is 11.9 Å². The molecule has 3 unspecified atom stereocenters. The van der Waals surface area contributed by atoms with Crippen molar-refractivity contribution >= 4 is 27.7 Å². The molecule has 3 atom stereocenters. The Kier molecular flexibility index (Phi) is 4.39. The molecule has 1 aliphatic heterocycles. The lowest BCUT2D eigenvalue weighted by atomic mass is 9.82. The van der Waals surface area contributed by atoms with Crippen LogP contribution in [0.2, 0.25) is 0 Å². The molecule has 1 aliphatic rings. The van der Waals surface area contributed by atoms with Gasteiger partial charge in [-0.15, -0.1) is 0 Å². The van der Waals surface area contributed by atoms with Gasteiger partial charge < -0.3 is 0 Å². The summed E-state index contributed by atoms with van der Waals surface area (Å²) in [5.74, 6) is -0.0832. The number of carbonyl (C=O) groups excluding carboxylic acids is 2. The summed E-state index contributed by atoms with van der Waals surface area (Å²) in [6, 6.07) is 0. The summed E-state index contributed by atoms with van der Waals surface area (Å²) < 4.78 is 0. The smallest absolute Gasteiger partial charge is 0.232 e. The predicted molar refractivity (Wildman–Crippen MR) is 71.8 cm³/mol. The molecule has 1 heterocycles. The van der Waals surface area contributed by atoms with Crippen molar-refractivity contribution in [3.8, 4) is 0 Å². The fourth-order valence-electron chi connectivity index (χ4n) is 1.98. The minimum absolute atomic E-state index is 0.0160. The lowest BCUT2D eigenvalue weighted by Gasteiger charge is -2.32. The van der Waals surface area contributed by atoms with Gasteiger partial charge in [0.2, 0.25) is 11.8 Å². The second kappa shape index (κ2) is 5.09. The summed E-state index contributed by atoms with van der Waals surface area (Å²) in [7, 11) is 0. The van der Waals surface area contributed by atoms with Crippen LogP contribution in [-0.4, -0.2) is 28.6 Å².